The minimum absolute atomic E-state index is 0.0650. The predicted octanol–water partition coefficient (Wildman–Crippen LogP) is 3.31. The fraction of sp³-hybridized carbons (Fsp3) is 0.150. The van der Waals surface area contributed by atoms with Gasteiger partial charge in [-0.05, 0) is 43.7 Å². The van der Waals surface area contributed by atoms with E-state index in [0.29, 0.717) is 0 Å². The van der Waals surface area contributed by atoms with Gasteiger partial charge in [0, 0.05) is 0 Å². The van der Waals surface area contributed by atoms with Crippen molar-refractivity contribution in [2.75, 3.05) is 16.8 Å². The molecule has 0 aliphatic carbocycles. The van der Waals surface area contributed by atoms with Gasteiger partial charge in [0.2, 0.25) is 0 Å². The molecule has 0 atom stereocenters. The normalized spacial score (nSPS) is 13.9. The van der Waals surface area contributed by atoms with Gasteiger partial charge in [-0.3, -0.25) is 9.59 Å². The van der Waals surface area contributed by atoms with E-state index in [4.69, 9.17) is 16.3 Å². The van der Waals surface area contributed by atoms with Crippen LogP contribution in [0.5, 0.6) is 5.75 Å². The van der Waals surface area contributed by atoms with Crippen LogP contribution in [0.4, 0.5) is 11.4 Å². The van der Waals surface area contributed by atoms with Crippen LogP contribution in [0, 0.1) is 6.92 Å². The Morgan fingerprint density at radius 1 is 1.18 bits per heavy atom. The van der Waals surface area contributed by atoms with Crippen LogP contribution in [-0.2, 0) is 14.3 Å². The standard InChI is InChI=1S/C20H17ClN2O5/c1-3-28-20(27)12-6-4-5-7-14(12)23-18(25)16(21)17(19(23)26)22-13-10-11(2)8-9-15(13)24/h4-10,22,24H,3H2,1-2H3. The molecule has 1 aliphatic rings. The maximum Gasteiger partial charge on any atom is 0.340 e. The predicted molar refractivity (Wildman–Crippen MR) is 104 cm³/mol. The number of aryl methyl sites for hydroxylation is 1. The first-order valence-electron chi connectivity index (χ1n) is 8.46. The second-order valence-corrected chi connectivity index (χ2v) is 6.40. The zero-order chi connectivity index (χ0) is 20.4. The van der Waals surface area contributed by atoms with Crippen LogP contribution in [-0.4, -0.2) is 29.5 Å². The van der Waals surface area contributed by atoms with Crippen molar-refractivity contribution in [3.05, 3.63) is 64.3 Å². The van der Waals surface area contributed by atoms with E-state index in [0.717, 1.165) is 10.5 Å². The first-order chi connectivity index (χ1) is 13.3. The number of carbonyl (C=O) groups is 3. The number of esters is 1. The SMILES string of the molecule is CCOC(=O)c1ccccc1N1C(=O)C(Cl)=C(Nc2cc(C)ccc2O)C1=O. The summed E-state index contributed by atoms with van der Waals surface area (Å²) < 4.78 is 4.99. The van der Waals surface area contributed by atoms with Crippen molar-refractivity contribution in [1.29, 1.82) is 0 Å². The molecule has 0 saturated heterocycles. The van der Waals surface area contributed by atoms with E-state index < -0.39 is 17.8 Å². The molecular formula is C20H17ClN2O5. The molecule has 3 rings (SSSR count). The topological polar surface area (TPSA) is 95.9 Å². The fourth-order valence-corrected chi connectivity index (χ4v) is 2.98. The van der Waals surface area contributed by atoms with Crippen LogP contribution in [0.25, 0.3) is 0 Å². The lowest BCUT2D eigenvalue weighted by Crippen LogP contribution is -2.33. The summed E-state index contributed by atoms with van der Waals surface area (Å²) in [7, 11) is 0. The van der Waals surface area contributed by atoms with Gasteiger partial charge in [-0.15, -0.1) is 0 Å². The number of aromatic hydroxyl groups is 1. The molecule has 0 saturated carbocycles. The van der Waals surface area contributed by atoms with Crippen molar-refractivity contribution in [2.45, 2.75) is 13.8 Å². The average molecular weight is 401 g/mol. The van der Waals surface area contributed by atoms with E-state index in [1.54, 1.807) is 31.2 Å². The number of rotatable bonds is 5. The molecule has 2 N–H and O–H groups in total. The lowest BCUT2D eigenvalue weighted by atomic mass is 10.1. The Bertz CT molecular complexity index is 1020. The number of carbonyl (C=O) groups excluding carboxylic acids is 3. The number of para-hydroxylation sites is 1. The number of imide groups is 1. The molecule has 28 heavy (non-hydrogen) atoms. The number of anilines is 2. The molecule has 0 bridgehead atoms. The van der Waals surface area contributed by atoms with E-state index in [1.807, 2.05) is 6.92 Å². The van der Waals surface area contributed by atoms with Crippen LogP contribution in [0.2, 0.25) is 0 Å². The van der Waals surface area contributed by atoms with E-state index >= 15 is 0 Å². The minimum atomic E-state index is -0.780. The van der Waals surface area contributed by atoms with Gasteiger partial charge in [-0.1, -0.05) is 29.8 Å². The molecule has 1 heterocycles. The molecule has 144 valence electrons. The van der Waals surface area contributed by atoms with Crippen LogP contribution in [0.1, 0.15) is 22.8 Å². The lowest BCUT2D eigenvalue weighted by Gasteiger charge is -2.18. The van der Waals surface area contributed by atoms with Crippen LogP contribution in [0.15, 0.2) is 53.2 Å². The summed E-state index contributed by atoms with van der Waals surface area (Å²) >= 11 is 6.11. The van der Waals surface area contributed by atoms with Gasteiger partial charge in [0.15, 0.2) is 0 Å². The third-order valence-corrected chi connectivity index (χ3v) is 4.43. The van der Waals surface area contributed by atoms with Crippen molar-refractivity contribution in [1.82, 2.24) is 0 Å². The molecule has 1 aliphatic heterocycles. The molecule has 2 aromatic rings. The van der Waals surface area contributed by atoms with Gasteiger partial charge in [-0.2, -0.15) is 0 Å². The fourth-order valence-electron chi connectivity index (χ4n) is 2.76. The molecule has 0 fully saturated rings. The number of halogens is 1. The van der Waals surface area contributed by atoms with Crippen molar-refractivity contribution < 1.29 is 24.2 Å². The number of phenolic OH excluding ortho intramolecular Hbond substituents is 1. The monoisotopic (exact) mass is 400 g/mol. The number of phenols is 1. The van der Waals surface area contributed by atoms with Crippen molar-refractivity contribution in [3.8, 4) is 5.75 Å². The summed E-state index contributed by atoms with van der Waals surface area (Å²) in [6.45, 7) is 3.61. The van der Waals surface area contributed by atoms with Crippen LogP contribution >= 0.6 is 11.6 Å². The number of nitrogens with zero attached hydrogens (tertiary/aromatic N) is 1. The second-order valence-electron chi connectivity index (χ2n) is 6.02. The van der Waals surface area contributed by atoms with Gasteiger partial charge in [0.1, 0.15) is 16.5 Å². The highest BCUT2D eigenvalue weighted by atomic mass is 35.5. The Hall–Kier alpha value is -3.32. The van der Waals surface area contributed by atoms with E-state index in [-0.39, 0.29) is 40.0 Å². The summed E-state index contributed by atoms with van der Waals surface area (Å²) in [5.41, 5.74) is 1.01. The van der Waals surface area contributed by atoms with E-state index in [1.165, 1.54) is 18.2 Å². The Morgan fingerprint density at radius 2 is 1.89 bits per heavy atom. The summed E-state index contributed by atoms with van der Waals surface area (Å²) in [6.07, 6.45) is 0. The number of amides is 2. The highest BCUT2D eigenvalue weighted by molar-refractivity contribution is 6.53. The average Bonchev–Trinajstić information content (AvgIpc) is 2.88. The van der Waals surface area contributed by atoms with Crippen molar-refractivity contribution >= 4 is 40.8 Å². The highest BCUT2D eigenvalue weighted by Crippen LogP contribution is 2.34. The molecule has 2 amide bonds. The molecule has 8 heteroatoms. The quantitative estimate of drug-likeness (QED) is 0.454. The molecule has 2 aromatic carbocycles. The number of ether oxygens (including phenoxy) is 1. The first kappa shape index (κ1) is 19.4. The van der Waals surface area contributed by atoms with Gasteiger partial charge in [-0.25, -0.2) is 9.69 Å². The summed E-state index contributed by atoms with van der Waals surface area (Å²) in [5.74, 6) is -2.29. The molecule has 0 aromatic heterocycles. The maximum absolute atomic E-state index is 12.9. The Labute approximate surface area is 166 Å². The van der Waals surface area contributed by atoms with Gasteiger partial charge < -0.3 is 15.2 Å². The minimum Gasteiger partial charge on any atom is -0.506 e. The zero-order valence-corrected chi connectivity index (χ0v) is 15.9. The Balaban J connectivity index is 1.98. The van der Waals surface area contributed by atoms with Crippen LogP contribution < -0.4 is 10.2 Å². The van der Waals surface area contributed by atoms with Gasteiger partial charge in [0.25, 0.3) is 11.8 Å². The first-order valence-corrected chi connectivity index (χ1v) is 8.84. The third kappa shape index (κ3) is 3.44. The molecule has 0 unspecified atom stereocenters. The molecule has 0 radical (unpaired) electrons. The second kappa shape index (κ2) is 7.74. The maximum atomic E-state index is 12.9. The van der Waals surface area contributed by atoms with E-state index in [9.17, 15) is 19.5 Å². The van der Waals surface area contributed by atoms with Crippen LogP contribution in [0.3, 0.4) is 0 Å². The summed E-state index contributed by atoms with van der Waals surface area (Å²) in [6, 6.07) is 10.9. The molecular weight excluding hydrogens is 384 g/mol. The zero-order valence-electron chi connectivity index (χ0n) is 15.2. The Morgan fingerprint density at radius 3 is 2.61 bits per heavy atom. The van der Waals surface area contributed by atoms with Gasteiger partial charge >= 0.3 is 5.97 Å². The van der Waals surface area contributed by atoms with Crippen molar-refractivity contribution in [2.24, 2.45) is 0 Å². The largest absolute Gasteiger partial charge is 0.506 e. The Kier molecular flexibility index (Phi) is 5.37. The number of nitrogens with one attached hydrogen (secondary N) is 1. The van der Waals surface area contributed by atoms with E-state index in [2.05, 4.69) is 5.32 Å². The lowest BCUT2D eigenvalue weighted by molar-refractivity contribution is -0.120. The molecule has 7 nitrogen and oxygen atoms in total. The number of benzene rings is 2. The molecule has 0 spiro atoms. The third-order valence-electron chi connectivity index (χ3n) is 4.08. The summed E-state index contributed by atoms with van der Waals surface area (Å²) in [5, 5.41) is 12.4. The van der Waals surface area contributed by atoms with Crippen molar-refractivity contribution in [3.63, 3.8) is 0 Å². The smallest absolute Gasteiger partial charge is 0.340 e. The number of hydrogen-bond acceptors (Lipinski definition) is 6. The van der Waals surface area contributed by atoms with Gasteiger partial charge in [0.05, 0.1) is 23.5 Å². The number of hydrogen-bond donors (Lipinski definition) is 2. The highest BCUT2D eigenvalue weighted by Gasteiger charge is 2.40. The summed E-state index contributed by atoms with van der Waals surface area (Å²) in [4.78, 5) is 38.6.